The molecule has 2 heterocycles. The number of likely N-dealkylation sites (tertiary alicyclic amines) is 1. The van der Waals surface area contributed by atoms with E-state index in [1.54, 1.807) is 6.92 Å². The normalized spacial score (nSPS) is 19.5. The van der Waals surface area contributed by atoms with E-state index >= 15 is 0 Å². The highest BCUT2D eigenvalue weighted by atomic mass is 32.1. The summed E-state index contributed by atoms with van der Waals surface area (Å²) in [6.07, 6.45) is 0.466. The molecule has 2 aliphatic rings. The van der Waals surface area contributed by atoms with Crippen LogP contribution in [-0.4, -0.2) is 64.0 Å². The third-order valence-electron chi connectivity index (χ3n) is 5.59. The monoisotopic (exact) mass is 451 g/mol. The Morgan fingerprint density at radius 3 is 2.10 bits per heavy atom. The maximum Gasteiger partial charge on any atom is 0.407 e. The van der Waals surface area contributed by atoms with Crippen LogP contribution in [0, 0.1) is 0 Å². The van der Waals surface area contributed by atoms with E-state index < -0.39 is 11.6 Å². The first-order chi connectivity index (χ1) is 14.3. The molecule has 0 unspecified atom stereocenters. The molecule has 31 heavy (non-hydrogen) atoms. The summed E-state index contributed by atoms with van der Waals surface area (Å²) in [4.78, 5) is 27.0. The fourth-order valence-corrected chi connectivity index (χ4v) is 4.16. The summed E-state index contributed by atoms with van der Waals surface area (Å²) in [6.45, 7) is 11.5. The molecule has 0 spiro atoms. The van der Waals surface area contributed by atoms with Gasteiger partial charge in [0.05, 0.1) is 11.6 Å². The van der Waals surface area contributed by atoms with E-state index in [9.17, 15) is 9.59 Å². The number of benzene rings is 1. The minimum absolute atomic E-state index is 0.0294. The number of nitrogens with two attached hydrogens (primary N) is 1. The Morgan fingerprint density at radius 2 is 1.71 bits per heavy atom. The predicted octanol–water partition coefficient (Wildman–Crippen LogP) is 3.64. The number of rotatable bonds is 4. The van der Waals surface area contributed by atoms with E-state index in [1.807, 2.05) is 36.1 Å². The van der Waals surface area contributed by atoms with Crippen molar-refractivity contribution < 1.29 is 19.4 Å². The molecular formula is C23H37N3O4S. The molecule has 2 fully saturated rings. The number of nitrogens with zero attached hydrogens (tertiary/aromatic N) is 2. The van der Waals surface area contributed by atoms with Crippen molar-refractivity contribution >= 4 is 24.6 Å². The molecular weight excluding hydrogens is 414 g/mol. The lowest BCUT2D eigenvalue weighted by atomic mass is 9.78. The number of carbonyl (C=O) groups excluding carboxylic acids is 1. The lowest BCUT2D eigenvalue weighted by Gasteiger charge is -2.54. The van der Waals surface area contributed by atoms with Crippen LogP contribution >= 0.6 is 12.6 Å². The van der Waals surface area contributed by atoms with Crippen molar-refractivity contribution in [3.05, 3.63) is 35.4 Å². The molecule has 7 nitrogen and oxygen atoms in total. The zero-order valence-electron chi connectivity index (χ0n) is 19.3. The Labute approximate surface area is 191 Å². The Bertz CT molecular complexity index is 743. The molecule has 174 valence electrons. The molecule has 2 aliphatic heterocycles. The summed E-state index contributed by atoms with van der Waals surface area (Å²) < 4.78 is 5.76. The van der Waals surface area contributed by atoms with Crippen molar-refractivity contribution in [1.82, 2.24) is 9.80 Å². The second-order valence-corrected chi connectivity index (χ2v) is 10.8. The highest BCUT2D eigenvalue weighted by molar-refractivity contribution is 7.81. The molecule has 8 heteroatoms. The first-order valence-electron chi connectivity index (χ1n) is 10.8. The minimum Gasteiger partial charge on any atom is -0.465 e. The minimum atomic E-state index is -0.938. The SMILES string of the molecule is CC(=O)N(C1CN(C(=O)O)C1)C1(c2ccc([C@H](C)N)cc2)CCOCC1.CC(C)(C)S. The van der Waals surface area contributed by atoms with Crippen LogP contribution in [0.1, 0.15) is 64.6 Å². The molecule has 1 aromatic rings. The Hall–Kier alpha value is -1.77. The van der Waals surface area contributed by atoms with Gasteiger partial charge >= 0.3 is 6.09 Å². The average Bonchev–Trinajstić information content (AvgIpc) is 2.62. The number of carboxylic acid groups (broad SMARTS) is 1. The van der Waals surface area contributed by atoms with Crippen LogP contribution in [0.2, 0.25) is 0 Å². The van der Waals surface area contributed by atoms with Gasteiger partial charge in [0.2, 0.25) is 5.91 Å². The zero-order valence-corrected chi connectivity index (χ0v) is 20.2. The van der Waals surface area contributed by atoms with Gasteiger partial charge in [-0.05, 0) is 30.9 Å². The number of thiol groups is 1. The molecule has 2 amide bonds. The summed E-state index contributed by atoms with van der Waals surface area (Å²) in [6, 6.07) is 7.98. The molecule has 2 saturated heterocycles. The summed E-state index contributed by atoms with van der Waals surface area (Å²) in [5, 5.41) is 9.14. The fraction of sp³-hybridized carbons (Fsp3) is 0.652. The lowest BCUT2D eigenvalue weighted by molar-refractivity contribution is -0.151. The van der Waals surface area contributed by atoms with Crippen molar-refractivity contribution in [2.75, 3.05) is 26.3 Å². The van der Waals surface area contributed by atoms with Gasteiger partial charge in [-0.25, -0.2) is 4.79 Å². The first kappa shape index (κ1) is 25.5. The third-order valence-corrected chi connectivity index (χ3v) is 5.59. The van der Waals surface area contributed by atoms with Crippen molar-refractivity contribution in [3.8, 4) is 0 Å². The molecule has 0 bridgehead atoms. The molecule has 3 N–H and O–H groups in total. The van der Waals surface area contributed by atoms with Gasteiger partial charge < -0.3 is 25.4 Å². The number of carbonyl (C=O) groups is 2. The zero-order chi connectivity index (χ0) is 23.4. The van der Waals surface area contributed by atoms with Gasteiger partial charge in [0.1, 0.15) is 0 Å². The molecule has 0 aromatic heterocycles. The van der Waals surface area contributed by atoms with Crippen LogP contribution < -0.4 is 5.73 Å². The number of amides is 2. The van der Waals surface area contributed by atoms with Gasteiger partial charge in [-0.15, -0.1) is 0 Å². The van der Waals surface area contributed by atoms with Gasteiger partial charge in [0.25, 0.3) is 0 Å². The highest BCUT2D eigenvalue weighted by Crippen LogP contribution is 2.41. The largest absolute Gasteiger partial charge is 0.465 e. The maximum absolute atomic E-state index is 12.6. The van der Waals surface area contributed by atoms with E-state index in [0.717, 1.165) is 11.1 Å². The van der Waals surface area contributed by atoms with Crippen LogP contribution in [0.5, 0.6) is 0 Å². The maximum atomic E-state index is 12.6. The second kappa shape index (κ2) is 10.2. The molecule has 0 radical (unpaired) electrons. The molecule has 0 aliphatic carbocycles. The van der Waals surface area contributed by atoms with E-state index in [0.29, 0.717) is 39.1 Å². The van der Waals surface area contributed by atoms with Gasteiger partial charge in [-0.2, -0.15) is 12.6 Å². The van der Waals surface area contributed by atoms with Gasteiger partial charge in [-0.1, -0.05) is 45.0 Å². The Kier molecular flexibility index (Phi) is 8.41. The quantitative estimate of drug-likeness (QED) is 0.608. The van der Waals surface area contributed by atoms with E-state index in [1.165, 1.54) is 4.90 Å². The van der Waals surface area contributed by atoms with Crippen LogP contribution in [-0.2, 0) is 15.1 Å². The molecule has 3 rings (SSSR count). The van der Waals surface area contributed by atoms with E-state index in [-0.39, 0.29) is 22.7 Å². The molecule has 0 saturated carbocycles. The third kappa shape index (κ3) is 6.60. The summed E-state index contributed by atoms with van der Waals surface area (Å²) in [5.41, 5.74) is 7.61. The fourth-order valence-electron chi connectivity index (χ4n) is 4.16. The smallest absolute Gasteiger partial charge is 0.407 e. The average molecular weight is 452 g/mol. The molecule has 1 aromatic carbocycles. The van der Waals surface area contributed by atoms with Crippen LogP contribution in [0.15, 0.2) is 24.3 Å². The van der Waals surface area contributed by atoms with Crippen molar-refractivity contribution in [2.45, 2.75) is 69.8 Å². The van der Waals surface area contributed by atoms with Crippen molar-refractivity contribution in [1.29, 1.82) is 0 Å². The van der Waals surface area contributed by atoms with Crippen LogP contribution in [0.4, 0.5) is 4.79 Å². The van der Waals surface area contributed by atoms with Crippen LogP contribution in [0.3, 0.4) is 0 Å². The Morgan fingerprint density at radius 1 is 1.23 bits per heavy atom. The topological polar surface area (TPSA) is 96.1 Å². The van der Waals surface area contributed by atoms with Gasteiger partial charge in [0, 0.05) is 44.0 Å². The van der Waals surface area contributed by atoms with Crippen LogP contribution in [0.25, 0.3) is 0 Å². The first-order valence-corrected chi connectivity index (χ1v) is 11.2. The lowest BCUT2D eigenvalue weighted by Crippen LogP contribution is -2.67. The number of ether oxygens (including phenoxy) is 1. The standard InChI is InChI=1S/C19H27N3O4.C4H10S/c1-13(20)15-3-5-16(6-4-15)19(7-9-26-10-8-19)22(14(2)23)17-11-21(12-17)18(24)25;1-4(2,3)5/h3-6,13,17H,7-12,20H2,1-2H3,(H,24,25);5H,1-3H3/t13-;/m0./s1. The van der Waals surface area contributed by atoms with Gasteiger partial charge in [-0.3, -0.25) is 4.79 Å². The highest BCUT2D eigenvalue weighted by Gasteiger charge is 2.48. The van der Waals surface area contributed by atoms with Crippen molar-refractivity contribution in [3.63, 3.8) is 0 Å². The van der Waals surface area contributed by atoms with Crippen molar-refractivity contribution in [2.24, 2.45) is 5.73 Å². The predicted molar refractivity (Wildman–Crippen MR) is 125 cm³/mol. The summed E-state index contributed by atoms with van der Waals surface area (Å²) >= 11 is 4.12. The Balaban J connectivity index is 0.000000614. The summed E-state index contributed by atoms with van der Waals surface area (Å²) in [7, 11) is 0. The second-order valence-electron chi connectivity index (χ2n) is 9.46. The molecule has 1 atom stereocenters. The van der Waals surface area contributed by atoms with Gasteiger partial charge in [0.15, 0.2) is 0 Å². The van der Waals surface area contributed by atoms with E-state index in [4.69, 9.17) is 15.6 Å². The summed E-state index contributed by atoms with van der Waals surface area (Å²) in [5.74, 6) is -0.0294. The number of hydrogen-bond donors (Lipinski definition) is 3. The number of hydrogen-bond acceptors (Lipinski definition) is 5. The van der Waals surface area contributed by atoms with E-state index in [2.05, 4.69) is 33.4 Å².